The lowest BCUT2D eigenvalue weighted by Gasteiger charge is -2.08. The second-order valence-electron chi connectivity index (χ2n) is 6.56. The molecule has 152 valence electrons. The SMILES string of the molecule is Cc1cccn2c(=O)cc(COC(=O)CNC(=O)c3sc4ccccc4c3Cl)nc12. The van der Waals surface area contributed by atoms with E-state index in [0.717, 1.165) is 15.6 Å². The van der Waals surface area contributed by atoms with Gasteiger partial charge in [0.15, 0.2) is 0 Å². The summed E-state index contributed by atoms with van der Waals surface area (Å²) in [5.41, 5.74) is 1.41. The Morgan fingerprint density at radius 2 is 2.03 bits per heavy atom. The van der Waals surface area contributed by atoms with Gasteiger partial charge < -0.3 is 10.1 Å². The van der Waals surface area contributed by atoms with Crippen LogP contribution in [0.5, 0.6) is 0 Å². The molecule has 0 radical (unpaired) electrons. The van der Waals surface area contributed by atoms with Crippen molar-refractivity contribution in [2.24, 2.45) is 0 Å². The van der Waals surface area contributed by atoms with Crippen LogP contribution in [0, 0.1) is 6.92 Å². The monoisotopic (exact) mass is 441 g/mol. The molecule has 1 amide bonds. The second-order valence-corrected chi connectivity index (χ2v) is 7.99. The van der Waals surface area contributed by atoms with Gasteiger partial charge in [0.25, 0.3) is 11.5 Å². The zero-order chi connectivity index (χ0) is 21.3. The van der Waals surface area contributed by atoms with Crippen molar-refractivity contribution in [3.8, 4) is 0 Å². The van der Waals surface area contributed by atoms with Gasteiger partial charge in [-0.15, -0.1) is 11.3 Å². The van der Waals surface area contributed by atoms with Gasteiger partial charge in [0, 0.05) is 22.3 Å². The molecule has 0 bridgehead atoms. The molecule has 30 heavy (non-hydrogen) atoms. The fourth-order valence-corrected chi connectivity index (χ4v) is 4.41. The van der Waals surface area contributed by atoms with Gasteiger partial charge in [-0.3, -0.25) is 18.8 Å². The zero-order valence-corrected chi connectivity index (χ0v) is 17.4. The highest BCUT2D eigenvalue weighted by Crippen LogP contribution is 2.34. The van der Waals surface area contributed by atoms with E-state index in [0.29, 0.717) is 21.2 Å². The second kappa shape index (κ2) is 8.25. The number of hydrogen-bond acceptors (Lipinski definition) is 6. The predicted octanol–water partition coefficient (Wildman–Crippen LogP) is 3.34. The molecular formula is C21H16ClN3O4S. The first-order chi connectivity index (χ1) is 14.4. The van der Waals surface area contributed by atoms with Crippen molar-refractivity contribution in [1.29, 1.82) is 0 Å². The summed E-state index contributed by atoms with van der Waals surface area (Å²) in [6.45, 7) is 1.35. The van der Waals surface area contributed by atoms with Crippen LogP contribution in [0.4, 0.5) is 0 Å². The highest BCUT2D eigenvalue weighted by Gasteiger charge is 2.18. The summed E-state index contributed by atoms with van der Waals surface area (Å²) in [5, 5.41) is 3.66. The van der Waals surface area contributed by atoms with Crippen LogP contribution < -0.4 is 10.9 Å². The van der Waals surface area contributed by atoms with E-state index in [9.17, 15) is 14.4 Å². The number of pyridine rings is 1. The van der Waals surface area contributed by atoms with Crippen molar-refractivity contribution in [3.05, 3.63) is 80.2 Å². The largest absolute Gasteiger partial charge is 0.458 e. The number of ether oxygens (including phenoxy) is 1. The van der Waals surface area contributed by atoms with Gasteiger partial charge in [-0.25, -0.2) is 4.98 Å². The Bertz CT molecular complexity index is 1350. The van der Waals surface area contributed by atoms with E-state index >= 15 is 0 Å². The van der Waals surface area contributed by atoms with Gasteiger partial charge in [0.1, 0.15) is 23.7 Å². The quantitative estimate of drug-likeness (QED) is 0.480. The Morgan fingerprint density at radius 3 is 2.83 bits per heavy atom. The molecule has 4 aromatic rings. The first kappa shape index (κ1) is 20.1. The molecule has 0 aliphatic heterocycles. The Labute approximate surface area is 179 Å². The topological polar surface area (TPSA) is 89.8 Å². The molecule has 3 aromatic heterocycles. The van der Waals surface area contributed by atoms with Crippen molar-refractivity contribution >= 4 is 50.5 Å². The van der Waals surface area contributed by atoms with Crippen molar-refractivity contribution in [3.63, 3.8) is 0 Å². The fourth-order valence-electron chi connectivity index (χ4n) is 2.98. The standard InChI is InChI=1S/C21H16ClN3O4S/c1-12-5-4-8-25-16(26)9-13(24-20(12)25)11-29-17(27)10-23-21(28)19-18(22)14-6-2-3-7-15(14)30-19/h2-9H,10-11H2,1H3,(H,23,28). The van der Waals surface area contributed by atoms with E-state index in [1.165, 1.54) is 21.8 Å². The smallest absolute Gasteiger partial charge is 0.325 e. The highest BCUT2D eigenvalue weighted by molar-refractivity contribution is 7.21. The lowest BCUT2D eigenvalue weighted by Crippen LogP contribution is -2.30. The van der Waals surface area contributed by atoms with Crippen LogP contribution in [0.2, 0.25) is 5.02 Å². The summed E-state index contributed by atoms with van der Waals surface area (Å²) >= 11 is 7.53. The summed E-state index contributed by atoms with van der Waals surface area (Å²) in [7, 11) is 0. The van der Waals surface area contributed by atoms with Crippen molar-refractivity contribution in [1.82, 2.24) is 14.7 Å². The maximum absolute atomic E-state index is 12.4. The molecule has 1 aromatic carbocycles. The zero-order valence-electron chi connectivity index (χ0n) is 15.8. The van der Waals surface area contributed by atoms with Crippen molar-refractivity contribution in [2.75, 3.05) is 6.54 Å². The average molecular weight is 442 g/mol. The molecule has 0 unspecified atom stereocenters. The summed E-state index contributed by atoms with van der Waals surface area (Å²) in [6, 6.07) is 12.3. The number of halogens is 1. The molecule has 3 heterocycles. The van der Waals surface area contributed by atoms with Crippen LogP contribution in [0.3, 0.4) is 0 Å². The first-order valence-corrected chi connectivity index (χ1v) is 10.2. The number of carbonyl (C=O) groups excluding carboxylic acids is 2. The van der Waals surface area contributed by atoms with E-state index in [1.54, 1.807) is 12.3 Å². The minimum Gasteiger partial charge on any atom is -0.458 e. The van der Waals surface area contributed by atoms with Crippen LogP contribution in [0.1, 0.15) is 20.9 Å². The number of fused-ring (bicyclic) bond motifs is 2. The van der Waals surface area contributed by atoms with Gasteiger partial charge in [-0.2, -0.15) is 0 Å². The van der Waals surface area contributed by atoms with Crippen LogP contribution in [-0.2, 0) is 16.1 Å². The molecule has 0 saturated carbocycles. The lowest BCUT2D eigenvalue weighted by atomic mass is 10.2. The van der Waals surface area contributed by atoms with Crippen LogP contribution >= 0.6 is 22.9 Å². The van der Waals surface area contributed by atoms with E-state index in [1.807, 2.05) is 37.3 Å². The molecule has 0 saturated heterocycles. The molecule has 4 rings (SSSR count). The number of aromatic nitrogens is 2. The number of hydrogen-bond donors (Lipinski definition) is 1. The third kappa shape index (κ3) is 3.92. The number of amides is 1. The van der Waals surface area contributed by atoms with Crippen LogP contribution in [0.25, 0.3) is 15.7 Å². The number of esters is 1. The minimum atomic E-state index is -0.646. The van der Waals surface area contributed by atoms with Crippen LogP contribution in [-0.4, -0.2) is 27.8 Å². The fraction of sp³-hybridized carbons (Fsp3) is 0.143. The van der Waals surface area contributed by atoms with Gasteiger partial charge in [0.05, 0.1) is 10.7 Å². The Morgan fingerprint density at radius 1 is 1.23 bits per heavy atom. The van der Waals surface area contributed by atoms with Gasteiger partial charge in [0.2, 0.25) is 0 Å². The van der Waals surface area contributed by atoms with Crippen molar-refractivity contribution < 1.29 is 14.3 Å². The molecule has 1 N–H and O–H groups in total. The third-order valence-corrected chi connectivity index (χ3v) is 6.13. The number of benzene rings is 1. The number of aryl methyl sites for hydroxylation is 1. The molecule has 9 heteroatoms. The maximum Gasteiger partial charge on any atom is 0.325 e. The number of rotatable bonds is 5. The molecule has 0 aliphatic rings. The predicted molar refractivity (Wildman–Crippen MR) is 115 cm³/mol. The first-order valence-electron chi connectivity index (χ1n) is 9.03. The number of thiophene rings is 1. The van der Waals surface area contributed by atoms with E-state index in [4.69, 9.17) is 16.3 Å². The summed E-state index contributed by atoms with van der Waals surface area (Å²) in [6.07, 6.45) is 1.63. The average Bonchev–Trinajstić information content (AvgIpc) is 3.08. The molecule has 0 aliphatic carbocycles. The van der Waals surface area contributed by atoms with Gasteiger partial charge in [-0.1, -0.05) is 35.9 Å². The number of nitrogens with zero attached hydrogens (tertiary/aromatic N) is 2. The summed E-state index contributed by atoms with van der Waals surface area (Å²) in [5.74, 6) is -1.09. The molecular weight excluding hydrogens is 426 g/mol. The lowest BCUT2D eigenvalue weighted by molar-refractivity contribution is -0.143. The Kier molecular flexibility index (Phi) is 5.52. The molecule has 0 fully saturated rings. The van der Waals surface area contributed by atoms with Gasteiger partial charge >= 0.3 is 5.97 Å². The molecule has 0 atom stereocenters. The van der Waals surface area contributed by atoms with E-state index in [2.05, 4.69) is 10.3 Å². The highest BCUT2D eigenvalue weighted by atomic mass is 35.5. The third-order valence-electron chi connectivity index (χ3n) is 4.45. The van der Waals surface area contributed by atoms with Crippen molar-refractivity contribution in [2.45, 2.75) is 13.5 Å². The molecule has 7 nitrogen and oxygen atoms in total. The van der Waals surface area contributed by atoms with Gasteiger partial charge in [-0.05, 0) is 24.6 Å². The minimum absolute atomic E-state index is 0.168. The number of carbonyl (C=O) groups is 2. The molecule has 0 spiro atoms. The normalized spacial score (nSPS) is 11.0. The van der Waals surface area contributed by atoms with E-state index in [-0.39, 0.29) is 18.7 Å². The van der Waals surface area contributed by atoms with E-state index < -0.39 is 11.9 Å². The summed E-state index contributed by atoms with van der Waals surface area (Å²) in [4.78, 5) is 41.3. The number of nitrogens with one attached hydrogen (secondary N) is 1. The van der Waals surface area contributed by atoms with Crippen LogP contribution in [0.15, 0.2) is 53.5 Å². The Balaban J connectivity index is 1.39. The summed E-state index contributed by atoms with van der Waals surface area (Å²) < 4.78 is 7.47. The maximum atomic E-state index is 12.4. The Hall–Kier alpha value is -3.23.